The highest BCUT2D eigenvalue weighted by molar-refractivity contribution is 5.95. The van der Waals surface area contributed by atoms with Gasteiger partial charge in [-0.15, -0.1) is 0 Å². The van der Waals surface area contributed by atoms with Crippen molar-refractivity contribution in [2.24, 2.45) is 0 Å². The van der Waals surface area contributed by atoms with Crippen LogP contribution in [0.3, 0.4) is 0 Å². The first-order chi connectivity index (χ1) is 8.58. The summed E-state index contributed by atoms with van der Waals surface area (Å²) in [5.74, 6) is 0.672. The second-order valence-electron chi connectivity index (χ2n) is 4.83. The standard InChI is InChI=1S/C14H19NO3/c1-10(2)18-13-6-4-3-5-12(13)15-8-7-11(16)9-14(15)17/h3-6,10-11,16H,7-9H2,1-2H3. The van der Waals surface area contributed by atoms with Crippen LogP contribution in [0, 0.1) is 0 Å². The van der Waals surface area contributed by atoms with Crippen LogP contribution in [-0.2, 0) is 4.79 Å². The normalized spacial score (nSPS) is 20.3. The monoisotopic (exact) mass is 249 g/mol. The summed E-state index contributed by atoms with van der Waals surface area (Å²) in [7, 11) is 0. The maximum Gasteiger partial charge on any atom is 0.229 e. The number of hydrogen-bond donors (Lipinski definition) is 1. The second kappa shape index (κ2) is 5.40. The molecule has 1 saturated heterocycles. The molecule has 0 aliphatic carbocycles. The van der Waals surface area contributed by atoms with Crippen LogP contribution in [0.4, 0.5) is 5.69 Å². The Balaban J connectivity index is 2.24. The Morgan fingerprint density at radius 1 is 1.39 bits per heavy atom. The van der Waals surface area contributed by atoms with Crippen molar-refractivity contribution in [3.05, 3.63) is 24.3 Å². The number of amides is 1. The SMILES string of the molecule is CC(C)Oc1ccccc1N1CCC(O)CC1=O. The predicted molar refractivity (Wildman–Crippen MR) is 69.8 cm³/mol. The van der Waals surface area contributed by atoms with Gasteiger partial charge >= 0.3 is 0 Å². The molecule has 1 aliphatic heterocycles. The largest absolute Gasteiger partial charge is 0.489 e. The lowest BCUT2D eigenvalue weighted by Gasteiger charge is -2.31. The van der Waals surface area contributed by atoms with Gasteiger partial charge in [-0.2, -0.15) is 0 Å². The van der Waals surface area contributed by atoms with E-state index < -0.39 is 6.10 Å². The van der Waals surface area contributed by atoms with Crippen molar-refractivity contribution in [1.29, 1.82) is 0 Å². The van der Waals surface area contributed by atoms with Crippen LogP contribution in [0.1, 0.15) is 26.7 Å². The molecule has 0 aromatic heterocycles. The number of aliphatic hydroxyl groups is 1. The molecule has 18 heavy (non-hydrogen) atoms. The Morgan fingerprint density at radius 3 is 2.78 bits per heavy atom. The molecule has 1 atom stereocenters. The summed E-state index contributed by atoms with van der Waals surface area (Å²) >= 11 is 0. The third kappa shape index (κ3) is 2.82. The minimum atomic E-state index is -0.507. The van der Waals surface area contributed by atoms with E-state index in [1.54, 1.807) is 4.90 Å². The Kier molecular flexibility index (Phi) is 3.87. The minimum absolute atomic E-state index is 0.0476. The Hall–Kier alpha value is -1.55. The molecule has 1 amide bonds. The van der Waals surface area contributed by atoms with Crippen molar-refractivity contribution < 1.29 is 14.6 Å². The first-order valence-corrected chi connectivity index (χ1v) is 6.32. The van der Waals surface area contributed by atoms with E-state index in [0.29, 0.717) is 13.0 Å². The summed E-state index contributed by atoms with van der Waals surface area (Å²) in [4.78, 5) is 13.7. The summed E-state index contributed by atoms with van der Waals surface area (Å²) in [5.41, 5.74) is 0.795. The van der Waals surface area contributed by atoms with E-state index in [4.69, 9.17) is 4.74 Å². The summed E-state index contributed by atoms with van der Waals surface area (Å²) in [6, 6.07) is 7.53. The highest BCUT2D eigenvalue weighted by atomic mass is 16.5. The van der Waals surface area contributed by atoms with Gasteiger partial charge in [0.25, 0.3) is 0 Å². The van der Waals surface area contributed by atoms with E-state index in [1.165, 1.54) is 0 Å². The fourth-order valence-electron chi connectivity index (χ4n) is 2.11. The first kappa shape index (κ1) is 12.9. The van der Waals surface area contributed by atoms with Gasteiger partial charge in [0.05, 0.1) is 24.3 Å². The number of rotatable bonds is 3. The molecule has 4 heteroatoms. The molecule has 1 aromatic carbocycles. The average molecular weight is 249 g/mol. The highest BCUT2D eigenvalue weighted by Gasteiger charge is 2.27. The molecule has 1 aromatic rings. The topological polar surface area (TPSA) is 49.8 Å². The number of carbonyl (C=O) groups excluding carboxylic acids is 1. The van der Waals surface area contributed by atoms with Gasteiger partial charge in [0.1, 0.15) is 5.75 Å². The molecule has 0 bridgehead atoms. The number of aliphatic hydroxyl groups excluding tert-OH is 1. The molecule has 0 saturated carbocycles. The number of piperidine rings is 1. The van der Waals surface area contributed by atoms with Crippen LogP contribution in [0.2, 0.25) is 0 Å². The third-order valence-electron chi connectivity index (χ3n) is 2.92. The number of carbonyl (C=O) groups is 1. The van der Waals surface area contributed by atoms with E-state index in [0.717, 1.165) is 11.4 Å². The van der Waals surface area contributed by atoms with Crippen molar-refractivity contribution in [2.45, 2.75) is 38.9 Å². The Bertz CT molecular complexity index is 431. The fraction of sp³-hybridized carbons (Fsp3) is 0.500. The van der Waals surface area contributed by atoms with Gasteiger partial charge < -0.3 is 14.7 Å². The number of anilines is 1. The van der Waals surface area contributed by atoms with Gasteiger partial charge in [0.15, 0.2) is 0 Å². The molecular formula is C14H19NO3. The van der Waals surface area contributed by atoms with Crippen LogP contribution < -0.4 is 9.64 Å². The Labute approximate surface area is 107 Å². The molecule has 1 heterocycles. The zero-order valence-electron chi connectivity index (χ0n) is 10.8. The van der Waals surface area contributed by atoms with Crippen molar-refractivity contribution in [2.75, 3.05) is 11.4 Å². The fourth-order valence-corrected chi connectivity index (χ4v) is 2.11. The van der Waals surface area contributed by atoms with Gasteiger partial charge in [-0.1, -0.05) is 12.1 Å². The molecule has 1 fully saturated rings. The van der Waals surface area contributed by atoms with Crippen LogP contribution in [0.25, 0.3) is 0 Å². The molecule has 2 rings (SSSR count). The summed E-state index contributed by atoms with van der Waals surface area (Å²) in [5, 5.41) is 9.48. The van der Waals surface area contributed by atoms with Crippen LogP contribution in [0.15, 0.2) is 24.3 Å². The van der Waals surface area contributed by atoms with Crippen molar-refractivity contribution in [3.8, 4) is 5.75 Å². The zero-order chi connectivity index (χ0) is 13.1. The van der Waals surface area contributed by atoms with Crippen molar-refractivity contribution in [1.82, 2.24) is 0 Å². The lowest BCUT2D eigenvalue weighted by molar-refractivity contribution is -0.122. The molecule has 1 unspecified atom stereocenters. The van der Waals surface area contributed by atoms with E-state index in [1.807, 2.05) is 38.1 Å². The lowest BCUT2D eigenvalue weighted by atomic mass is 10.1. The average Bonchev–Trinajstić information content (AvgIpc) is 2.30. The van der Waals surface area contributed by atoms with Crippen LogP contribution in [0.5, 0.6) is 5.75 Å². The van der Waals surface area contributed by atoms with Gasteiger partial charge in [-0.3, -0.25) is 4.79 Å². The number of hydrogen-bond acceptors (Lipinski definition) is 3. The van der Waals surface area contributed by atoms with E-state index >= 15 is 0 Å². The number of nitrogens with zero attached hydrogens (tertiary/aromatic N) is 1. The van der Waals surface area contributed by atoms with Gasteiger partial charge in [-0.25, -0.2) is 0 Å². The number of benzene rings is 1. The van der Waals surface area contributed by atoms with E-state index in [2.05, 4.69) is 0 Å². The first-order valence-electron chi connectivity index (χ1n) is 6.32. The van der Waals surface area contributed by atoms with Gasteiger partial charge in [-0.05, 0) is 32.4 Å². The summed E-state index contributed by atoms with van der Waals surface area (Å²) in [6.45, 7) is 4.45. The third-order valence-corrected chi connectivity index (χ3v) is 2.92. The molecule has 0 radical (unpaired) electrons. The minimum Gasteiger partial charge on any atom is -0.489 e. The smallest absolute Gasteiger partial charge is 0.229 e. The maximum absolute atomic E-state index is 12.0. The maximum atomic E-state index is 12.0. The molecule has 0 spiro atoms. The van der Waals surface area contributed by atoms with Crippen LogP contribution >= 0.6 is 0 Å². The number of para-hydroxylation sites is 2. The van der Waals surface area contributed by atoms with Crippen LogP contribution in [-0.4, -0.2) is 29.8 Å². The second-order valence-corrected chi connectivity index (χ2v) is 4.83. The predicted octanol–water partition coefficient (Wildman–Crippen LogP) is 1.96. The molecule has 1 N–H and O–H groups in total. The molecule has 98 valence electrons. The molecule has 4 nitrogen and oxygen atoms in total. The molecular weight excluding hydrogens is 230 g/mol. The lowest BCUT2D eigenvalue weighted by Crippen LogP contribution is -2.41. The van der Waals surface area contributed by atoms with Gasteiger partial charge in [0.2, 0.25) is 5.91 Å². The van der Waals surface area contributed by atoms with E-state index in [9.17, 15) is 9.90 Å². The zero-order valence-corrected chi connectivity index (χ0v) is 10.8. The van der Waals surface area contributed by atoms with Gasteiger partial charge in [0, 0.05) is 6.54 Å². The summed E-state index contributed by atoms with van der Waals surface area (Å²) in [6.07, 6.45) is 0.362. The summed E-state index contributed by atoms with van der Waals surface area (Å²) < 4.78 is 5.72. The highest BCUT2D eigenvalue weighted by Crippen LogP contribution is 2.31. The quantitative estimate of drug-likeness (QED) is 0.891. The Morgan fingerprint density at radius 2 is 2.11 bits per heavy atom. The number of ether oxygens (including phenoxy) is 1. The van der Waals surface area contributed by atoms with Crippen molar-refractivity contribution >= 4 is 11.6 Å². The van der Waals surface area contributed by atoms with Crippen molar-refractivity contribution in [3.63, 3.8) is 0 Å². The van der Waals surface area contributed by atoms with E-state index in [-0.39, 0.29) is 18.4 Å². The molecule has 1 aliphatic rings.